The van der Waals surface area contributed by atoms with Gasteiger partial charge in [-0.1, -0.05) is 46.6 Å². The molecule has 3 aromatic rings. The number of rotatable bonds is 4. The summed E-state index contributed by atoms with van der Waals surface area (Å²) in [5.41, 5.74) is 1.51. The highest BCUT2D eigenvalue weighted by Gasteiger charge is 2.11. The average molecular weight is 350 g/mol. The summed E-state index contributed by atoms with van der Waals surface area (Å²) < 4.78 is 1.38. The van der Waals surface area contributed by atoms with Crippen LogP contribution in [0.15, 0.2) is 47.3 Å². The number of hydrogen-bond acceptors (Lipinski definition) is 3. The number of nitrogens with one attached hydrogen (secondary N) is 1. The number of fused-ring (bicyclic) bond motifs is 1. The number of hydrogen-bond donors (Lipinski definition) is 1. The van der Waals surface area contributed by atoms with Crippen LogP contribution in [0.5, 0.6) is 0 Å². The summed E-state index contributed by atoms with van der Waals surface area (Å²) in [5, 5.41) is 9.73. The monoisotopic (exact) mass is 349 g/mol. The Balaban J connectivity index is 1.80. The highest BCUT2D eigenvalue weighted by molar-refractivity contribution is 6.42. The standard InChI is InChI=1S/C16H14Cl2N4O/c1-21(9-11-6-7-13(17)14(18)8-11)10-22-16(23)12-4-2-3-5-15(12)19-20-22/h2-8H,9-10H2,1H3/p+1. The zero-order valence-electron chi connectivity index (χ0n) is 12.5. The van der Waals surface area contributed by atoms with Crippen LogP contribution in [-0.4, -0.2) is 22.0 Å². The Morgan fingerprint density at radius 2 is 1.91 bits per heavy atom. The number of quaternary nitrogens is 1. The maximum atomic E-state index is 12.4. The molecule has 5 nitrogen and oxygen atoms in total. The molecule has 0 aliphatic rings. The first kappa shape index (κ1) is 15.9. The molecule has 118 valence electrons. The lowest BCUT2D eigenvalue weighted by Gasteiger charge is -2.14. The molecule has 1 atom stereocenters. The van der Waals surface area contributed by atoms with E-state index in [1.165, 1.54) is 4.68 Å². The van der Waals surface area contributed by atoms with Crippen LogP contribution in [0.2, 0.25) is 10.0 Å². The van der Waals surface area contributed by atoms with Crippen LogP contribution < -0.4 is 10.5 Å². The van der Waals surface area contributed by atoms with Gasteiger partial charge in [0.05, 0.1) is 22.5 Å². The van der Waals surface area contributed by atoms with E-state index in [9.17, 15) is 4.79 Å². The summed E-state index contributed by atoms with van der Waals surface area (Å²) in [7, 11) is 1.98. The predicted octanol–water partition coefficient (Wildman–Crippen LogP) is 1.77. The molecule has 0 bridgehead atoms. The first-order valence-corrected chi connectivity index (χ1v) is 7.88. The van der Waals surface area contributed by atoms with Crippen LogP contribution in [0.1, 0.15) is 5.56 Å². The van der Waals surface area contributed by atoms with Crippen LogP contribution in [0.3, 0.4) is 0 Å². The van der Waals surface area contributed by atoms with Gasteiger partial charge in [0.25, 0.3) is 5.56 Å². The predicted molar refractivity (Wildman–Crippen MR) is 90.9 cm³/mol. The summed E-state index contributed by atoms with van der Waals surface area (Å²) in [6, 6.07) is 12.7. The van der Waals surface area contributed by atoms with Gasteiger partial charge >= 0.3 is 0 Å². The summed E-state index contributed by atoms with van der Waals surface area (Å²) in [6.07, 6.45) is 0. The highest BCUT2D eigenvalue weighted by Crippen LogP contribution is 2.22. The Morgan fingerprint density at radius 3 is 2.70 bits per heavy atom. The second-order valence-corrected chi connectivity index (χ2v) is 6.27. The molecule has 7 heteroatoms. The second kappa shape index (κ2) is 6.66. The Bertz CT molecular complexity index is 910. The molecule has 1 heterocycles. The fourth-order valence-corrected chi connectivity index (χ4v) is 2.76. The smallest absolute Gasteiger partial charge is 0.282 e. The number of benzene rings is 2. The van der Waals surface area contributed by atoms with Gasteiger partial charge in [-0.25, -0.2) is 0 Å². The maximum absolute atomic E-state index is 12.4. The fraction of sp³-hybridized carbons (Fsp3) is 0.188. The minimum absolute atomic E-state index is 0.135. The molecule has 0 fully saturated rings. The van der Waals surface area contributed by atoms with Gasteiger partial charge < -0.3 is 4.90 Å². The first-order valence-electron chi connectivity index (χ1n) is 7.12. The Kier molecular flexibility index (Phi) is 4.61. The zero-order valence-corrected chi connectivity index (χ0v) is 14.0. The van der Waals surface area contributed by atoms with Crippen molar-refractivity contribution < 1.29 is 4.90 Å². The third kappa shape index (κ3) is 3.52. The fourth-order valence-electron chi connectivity index (χ4n) is 2.44. The first-order chi connectivity index (χ1) is 11.0. The Hall–Kier alpha value is -1.95. The van der Waals surface area contributed by atoms with Crippen molar-refractivity contribution in [1.82, 2.24) is 15.0 Å². The van der Waals surface area contributed by atoms with Gasteiger partial charge in [0.1, 0.15) is 12.1 Å². The Labute approximate surface area is 143 Å². The molecule has 1 unspecified atom stereocenters. The largest absolute Gasteiger partial charge is 0.315 e. The molecule has 23 heavy (non-hydrogen) atoms. The van der Waals surface area contributed by atoms with E-state index in [1.54, 1.807) is 18.2 Å². The van der Waals surface area contributed by atoms with Crippen molar-refractivity contribution in [3.63, 3.8) is 0 Å². The molecule has 0 aliphatic carbocycles. The van der Waals surface area contributed by atoms with E-state index in [0.717, 1.165) is 10.5 Å². The normalized spacial score (nSPS) is 12.5. The van der Waals surface area contributed by atoms with E-state index in [2.05, 4.69) is 10.3 Å². The van der Waals surface area contributed by atoms with Crippen LogP contribution in [0.25, 0.3) is 10.9 Å². The molecule has 0 amide bonds. The third-order valence-corrected chi connectivity index (χ3v) is 4.28. The minimum atomic E-state index is -0.135. The van der Waals surface area contributed by atoms with Crippen molar-refractivity contribution in [2.24, 2.45) is 0 Å². The maximum Gasteiger partial charge on any atom is 0.282 e. The Morgan fingerprint density at radius 1 is 1.13 bits per heavy atom. The lowest BCUT2D eigenvalue weighted by molar-refractivity contribution is -0.917. The van der Waals surface area contributed by atoms with Crippen molar-refractivity contribution in [1.29, 1.82) is 0 Å². The second-order valence-electron chi connectivity index (χ2n) is 5.45. The van der Waals surface area contributed by atoms with Gasteiger partial charge in [0.2, 0.25) is 0 Å². The van der Waals surface area contributed by atoms with Gasteiger partial charge in [0, 0.05) is 5.56 Å². The van der Waals surface area contributed by atoms with Crippen molar-refractivity contribution >= 4 is 34.1 Å². The molecule has 1 aromatic heterocycles. The molecule has 0 spiro atoms. The van der Waals surface area contributed by atoms with E-state index in [-0.39, 0.29) is 5.56 Å². The van der Waals surface area contributed by atoms with Gasteiger partial charge in [-0.2, -0.15) is 4.68 Å². The van der Waals surface area contributed by atoms with Gasteiger partial charge in [-0.3, -0.25) is 4.79 Å². The summed E-state index contributed by atoms with van der Waals surface area (Å²) >= 11 is 12.0. The quantitative estimate of drug-likeness (QED) is 0.780. The number of halogens is 2. The summed E-state index contributed by atoms with van der Waals surface area (Å²) in [6.45, 7) is 1.11. The molecular weight excluding hydrogens is 335 g/mol. The SMILES string of the molecule is C[NH+](Cc1ccc(Cl)c(Cl)c1)Cn1nnc2ccccc2c1=O. The lowest BCUT2D eigenvalue weighted by Crippen LogP contribution is -3.07. The van der Waals surface area contributed by atoms with Crippen molar-refractivity contribution in [3.8, 4) is 0 Å². The van der Waals surface area contributed by atoms with Crippen molar-refractivity contribution in [2.75, 3.05) is 7.05 Å². The average Bonchev–Trinajstić information content (AvgIpc) is 2.54. The topological polar surface area (TPSA) is 52.2 Å². The lowest BCUT2D eigenvalue weighted by atomic mass is 10.2. The third-order valence-electron chi connectivity index (χ3n) is 3.54. The van der Waals surface area contributed by atoms with Gasteiger partial charge in [-0.05, 0) is 24.3 Å². The van der Waals surface area contributed by atoms with Crippen LogP contribution in [0, 0.1) is 0 Å². The van der Waals surface area contributed by atoms with Crippen LogP contribution >= 0.6 is 23.2 Å². The highest BCUT2D eigenvalue weighted by atomic mass is 35.5. The molecule has 0 aliphatic heterocycles. The van der Waals surface area contributed by atoms with E-state index in [4.69, 9.17) is 23.2 Å². The van der Waals surface area contributed by atoms with Crippen LogP contribution in [0.4, 0.5) is 0 Å². The molecule has 3 rings (SSSR count). The van der Waals surface area contributed by atoms with E-state index in [0.29, 0.717) is 34.2 Å². The van der Waals surface area contributed by atoms with E-state index >= 15 is 0 Å². The summed E-state index contributed by atoms with van der Waals surface area (Å²) in [5.74, 6) is 0. The molecule has 2 aromatic carbocycles. The van der Waals surface area contributed by atoms with Crippen molar-refractivity contribution in [3.05, 3.63) is 68.4 Å². The van der Waals surface area contributed by atoms with Crippen LogP contribution in [-0.2, 0) is 13.2 Å². The number of aromatic nitrogens is 3. The summed E-state index contributed by atoms with van der Waals surface area (Å²) in [4.78, 5) is 13.5. The molecular formula is C16H15Cl2N4O+. The molecule has 0 radical (unpaired) electrons. The minimum Gasteiger partial charge on any atom is -0.315 e. The van der Waals surface area contributed by atoms with Gasteiger partial charge in [0.15, 0.2) is 6.67 Å². The van der Waals surface area contributed by atoms with Gasteiger partial charge in [-0.15, -0.1) is 5.10 Å². The number of nitrogens with zero attached hydrogens (tertiary/aromatic N) is 3. The zero-order chi connectivity index (χ0) is 16.4. The molecule has 1 N–H and O–H groups in total. The molecule has 0 saturated heterocycles. The van der Waals surface area contributed by atoms with E-state index < -0.39 is 0 Å². The molecule has 0 saturated carbocycles. The van der Waals surface area contributed by atoms with Crippen molar-refractivity contribution in [2.45, 2.75) is 13.2 Å². The van der Waals surface area contributed by atoms with E-state index in [1.807, 2.05) is 31.3 Å².